The Morgan fingerprint density at radius 2 is 1.39 bits per heavy atom. The molecule has 0 heterocycles. The van der Waals surface area contributed by atoms with Crippen LogP contribution >= 0.6 is 0 Å². The van der Waals surface area contributed by atoms with Crippen LogP contribution in [0.25, 0.3) is 0 Å². The molecule has 18 heavy (non-hydrogen) atoms. The van der Waals surface area contributed by atoms with Crippen LogP contribution in [0.4, 0.5) is 0 Å². The van der Waals surface area contributed by atoms with Crippen LogP contribution in [0.1, 0.15) is 31.9 Å². The summed E-state index contributed by atoms with van der Waals surface area (Å²) in [5.74, 6) is 0.880. The van der Waals surface area contributed by atoms with Gasteiger partial charge < -0.3 is 4.74 Å². The Balaban J connectivity index is 2.30. The van der Waals surface area contributed by atoms with Gasteiger partial charge in [-0.3, -0.25) is 0 Å². The molecule has 0 bridgehead atoms. The van der Waals surface area contributed by atoms with Gasteiger partial charge in [0.25, 0.3) is 0 Å². The molecule has 0 spiro atoms. The highest BCUT2D eigenvalue weighted by molar-refractivity contribution is 5.39. The third-order valence-electron chi connectivity index (χ3n) is 3.33. The zero-order chi connectivity index (χ0) is 13.0. The highest BCUT2D eigenvalue weighted by atomic mass is 16.5. The Morgan fingerprint density at radius 1 is 0.833 bits per heavy atom. The van der Waals surface area contributed by atoms with E-state index in [2.05, 4.69) is 50.2 Å². The van der Waals surface area contributed by atoms with E-state index >= 15 is 0 Å². The molecule has 0 amide bonds. The van der Waals surface area contributed by atoms with E-state index in [9.17, 15) is 0 Å². The predicted octanol–water partition coefficient (Wildman–Crippen LogP) is 4.57. The SMILES string of the molecule is C[CH]Oc1ccc(C(C)(C)c2ccccc2)cc1. The smallest absolute Gasteiger partial charge is 0.132 e. The van der Waals surface area contributed by atoms with E-state index in [1.54, 1.807) is 6.61 Å². The summed E-state index contributed by atoms with van der Waals surface area (Å²) < 4.78 is 5.35. The lowest BCUT2D eigenvalue weighted by atomic mass is 9.78. The van der Waals surface area contributed by atoms with Crippen LogP contribution in [0.2, 0.25) is 0 Å². The average molecular weight is 239 g/mol. The monoisotopic (exact) mass is 239 g/mol. The molecule has 0 unspecified atom stereocenters. The average Bonchev–Trinajstić information content (AvgIpc) is 2.41. The van der Waals surface area contributed by atoms with E-state index in [0.29, 0.717) is 0 Å². The fraction of sp³-hybridized carbons (Fsp3) is 0.235. The van der Waals surface area contributed by atoms with Crippen LogP contribution in [0.15, 0.2) is 54.6 Å². The maximum Gasteiger partial charge on any atom is 0.132 e. The minimum absolute atomic E-state index is 0.00964. The van der Waals surface area contributed by atoms with E-state index in [-0.39, 0.29) is 5.41 Å². The highest BCUT2D eigenvalue weighted by Crippen LogP contribution is 2.32. The Hall–Kier alpha value is -1.76. The van der Waals surface area contributed by atoms with Crippen LogP contribution in [0, 0.1) is 6.61 Å². The van der Waals surface area contributed by atoms with Crippen LogP contribution in [0.3, 0.4) is 0 Å². The topological polar surface area (TPSA) is 9.23 Å². The second kappa shape index (κ2) is 5.26. The summed E-state index contributed by atoms with van der Waals surface area (Å²) in [6, 6.07) is 18.8. The maximum atomic E-state index is 5.35. The van der Waals surface area contributed by atoms with Crippen molar-refractivity contribution in [3.8, 4) is 5.75 Å². The van der Waals surface area contributed by atoms with Gasteiger partial charge >= 0.3 is 0 Å². The van der Waals surface area contributed by atoms with Crippen LogP contribution in [-0.2, 0) is 5.41 Å². The van der Waals surface area contributed by atoms with Gasteiger partial charge in [0.2, 0.25) is 0 Å². The van der Waals surface area contributed by atoms with Crippen molar-refractivity contribution >= 4 is 0 Å². The fourth-order valence-corrected chi connectivity index (χ4v) is 2.11. The minimum atomic E-state index is 0.00964. The Kier molecular flexibility index (Phi) is 3.71. The molecular formula is C17H19O. The molecule has 93 valence electrons. The largest absolute Gasteiger partial charge is 0.487 e. The first kappa shape index (κ1) is 12.7. The molecule has 0 aliphatic carbocycles. The van der Waals surface area contributed by atoms with E-state index in [4.69, 9.17) is 4.74 Å². The summed E-state index contributed by atoms with van der Waals surface area (Å²) in [7, 11) is 0. The summed E-state index contributed by atoms with van der Waals surface area (Å²) in [6.07, 6.45) is 0. The fourth-order valence-electron chi connectivity index (χ4n) is 2.11. The predicted molar refractivity (Wildman–Crippen MR) is 75.6 cm³/mol. The normalized spacial score (nSPS) is 11.3. The molecular weight excluding hydrogens is 220 g/mol. The minimum Gasteiger partial charge on any atom is -0.487 e. The van der Waals surface area contributed by atoms with Gasteiger partial charge in [-0.15, -0.1) is 0 Å². The van der Waals surface area contributed by atoms with E-state index in [1.807, 2.05) is 25.1 Å². The first-order chi connectivity index (χ1) is 8.64. The van der Waals surface area contributed by atoms with Gasteiger partial charge in [-0.25, -0.2) is 0 Å². The highest BCUT2D eigenvalue weighted by Gasteiger charge is 2.22. The first-order valence-electron chi connectivity index (χ1n) is 6.25. The lowest BCUT2D eigenvalue weighted by molar-refractivity contribution is 0.416. The third kappa shape index (κ3) is 2.56. The van der Waals surface area contributed by atoms with Crippen LogP contribution in [0.5, 0.6) is 5.75 Å². The van der Waals surface area contributed by atoms with Gasteiger partial charge in [-0.1, -0.05) is 56.3 Å². The molecule has 0 atom stereocenters. The van der Waals surface area contributed by atoms with Gasteiger partial charge in [0.1, 0.15) is 12.4 Å². The quantitative estimate of drug-likeness (QED) is 0.759. The van der Waals surface area contributed by atoms with E-state index in [1.165, 1.54) is 11.1 Å². The lowest BCUT2D eigenvalue weighted by Gasteiger charge is -2.26. The van der Waals surface area contributed by atoms with Crippen LogP contribution < -0.4 is 4.74 Å². The Bertz CT molecular complexity index is 483. The summed E-state index contributed by atoms with van der Waals surface area (Å²) in [5.41, 5.74) is 2.62. The molecule has 1 radical (unpaired) electrons. The Labute approximate surface area is 109 Å². The van der Waals surface area contributed by atoms with Crippen molar-refractivity contribution in [2.45, 2.75) is 26.2 Å². The molecule has 0 saturated heterocycles. The van der Waals surface area contributed by atoms with Crippen LogP contribution in [-0.4, -0.2) is 0 Å². The van der Waals surface area contributed by atoms with E-state index < -0.39 is 0 Å². The zero-order valence-electron chi connectivity index (χ0n) is 11.2. The molecule has 0 aliphatic rings. The zero-order valence-corrected chi connectivity index (χ0v) is 11.2. The molecule has 2 rings (SSSR count). The number of ether oxygens (including phenoxy) is 1. The molecule has 0 fully saturated rings. The first-order valence-corrected chi connectivity index (χ1v) is 6.25. The molecule has 1 heteroatoms. The van der Waals surface area contributed by atoms with Gasteiger partial charge in [-0.2, -0.15) is 0 Å². The summed E-state index contributed by atoms with van der Waals surface area (Å²) in [4.78, 5) is 0. The molecule has 2 aromatic carbocycles. The Morgan fingerprint density at radius 3 is 1.94 bits per heavy atom. The molecule has 0 aliphatic heterocycles. The standard InChI is InChI=1S/C17H19O/c1-4-18-16-12-10-15(11-13-16)17(2,3)14-8-6-5-7-9-14/h4-13H,1-3H3. The number of hydrogen-bond donors (Lipinski definition) is 0. The second-order valence-corrected chi connectivity index (χ2v) is 4.87. The summed E-state index contributed by atoms with van der Waals surface area (Å²) >= 11 is 0. The van der Waals surface area contributed by atoms with Crippen molar-refractivity contribution in [2.24, 2.45) is 0 Å². The van der Waals surface area contributed by atoms with Gasteiger partial charge in [-0.05, 0) is 30.2 Å². The number of hydrogen-bond acceptors (Lipinski definition) is 1. The molecule has 0 N–H and O–H groups in total. The van der Waals surface area contributed by atoms with E-state index in [0.717, 1.165) is 5.75 Å². The molecule has 1 nitrogen and oxygen atoms in total. The van der Waals surface area contributed by atoms with Crippen molar-refractivity contribution in [1.82, 2.24) is 0 Å². The second-order valence-electron chi connectivity index (χ2n) is 4.87. The number of rotatable bonds is 4. The van der Waals surface area contributed by atoms with Gasteiger partial charge in [0, 0.05) is 5.41 Å². The van der Waals surface area contributed by atoms with Gasteiger partial charge in [0.15, 0.2) is 0 Å². The lowest BCUT2D eigenvalue weighted by Crippen LogP contribution is -2.18. The van der Waals surface area contributed by atoms with Crippen molar-refractivity contribution in [3.05, 3.63) is 72.3 Å². The molecule has 0 saturated carbocycles. The third-order valence-corrected chi connectivity index (χ3v) is 3.33. The maximum absolute atomic E-state index is 5.35. The molecule has 2 aromatic rings. The van der Waals surface area contributed by atoms with Crippen molar-refractivity contribution < 1.29 is 4.74 Å². The number of benzene rings is 2. The summed E-state index contributed by atoms with van der Waals surface area (Å²) in [5, 5.41) is 0. The van der Waals surface area contributed by atoms with Crippen molar-refractivity contribution in [1.29, 1.82) is 0 Å². The summed E-state index contributed by atoms with van der Waals surface area (Å²) in [6.45, 7) is 8.05. The van der Waals surface area contributed by atoms with Crippen molar-refractivity contribution in [2.75, 3.05) is 0 Å². The van der Waals surface area contributed by atoms with Crippen molar-refractivity contribution in [3.63, 3.8) is 0 Å². The van der Waals surface area contributed by atoms with Gasteiger partial charge in [0.05, 0.1) is 0 Å². The molecule has 0 aromatic heterocycles.